The summed E-state index contributed by atoms with van der Waals surface area (Å²) in [5.74, 6) is 0.659. The number of Topliss-reactive ketones (excluding diaryl/α,β-unsaturated/α-hetero) is 1. The molecule has 0 atom stereocenters. The van der Waals surface area contributed by atoms with E-state index in [1.807, 2.05) is 25.1 Å². The number of carbonyl (C=O) groups excluding carboxylic acids is 2. The first-order chi connectivity index (χ1) is 17.4. The van der Waals surface area contributed by atoms with Gasteiger partial charge in [-0.2, -0.15) is 0 Å². The summed E-state index contributed by atoms with van der Waals surface area (Å²) in [7, 11) is 1.64. The van der Waals surface area contributed by atoms with Crippen LogP contribution >= 0.6 is 23.5 Å². The maximum atomic E-state index is 13.9. The zero-order chi connectivity index (χ0) is 25.4. The number of methoxy groups -OCH3 is 1. The molecule has 0 aromatic heterocycles. The van der Waals surface area contributed by atoms with E-state index in [2.05, 4.69) is 4.90 Å². The monoisotopic (exact) mass is 517 g/mol. The molecule has 0 aliphatic carbocycles. The van der Waals surface area contributed by atoms with Crippen molar-refractivity contribution in [2.45, 2.75) is 18.7 Å². The van der Waals surface area contributed by atoms with Gasteiger partial charge in [0, 0.05) is 23.1 Å². The van der Waals surface area contributed by atoms with Crippen molar-refractivity contribution < 1.29 is 19.4 Å². The highest BCUT2D eigenvalue weighted by Crippen LogP contribution is 2.52. The highest BCUT2D eigenvalue weighted by Gasteiger charge is 2.40. The van der Waals surface area contributed by atoms with Crippen molar-refractivity contribution >= 4 is 57.4 Å². The second-order valence-corrected chi connectivity index (χ2v) is 10.1. The number of phenolic OH excluding ortho intramolecular Hbond substituents is 1. The van der Waals surface area contributed by atoms with Crippen LogP contribution in [-0.2, 0) is 4.79 Å². The minimum Gasteiger partial charge on any atom is -0.508 e. The van der Waals surface area contributed by atoms with E-state index in [1.165, 1.54) is 18.7 Å². The molecule has 36 heavy (non-hydrogen) atoms. The van der Waals surface area contributed by atoms with Gasteiger partial charge in [-0.15, -0.1) is 0 Å². The number of thioether (sulfide) groups is 2. The van der Waals surface area contributed by atoms with Gasteiger partial charge in [0.2, 0.25) is 0 Å². The largest absolute Gasteiger partial charge is 0.508 e. The Hall–Kier alpha value is -3.69. The molecule has 5 rings (SSSR count). The van der Waals surface area contributed by atoms with Crippen molar-refractivity contribution in [1.82, 2.24) is 0 Å². The fraction of sp³-hybridized carbons (Fsp3) is 0.148. The number of hydrogen-bond donors (Lipinski definition) is 1. The molecular formula is C27H23N3O4S2. The van der Waals surface area contributed by atoms with Gasteiger partial charge in [-0.3, -0.25) is 14.5 Å². The van der Waals surface area contributed by atoms with Gasteiger partial charge in [-0.25, -0.2) is 4.99 Å². The number of nitrogens with zero attached hydrogens (tertiary/aromatic N) is 3. The van der Waals surface area contributed by atoms with Crippen LogP contribution in [0.5, 0.6) is 11.5 Å². The number of amides is 1. The summed E-state index contributed by atoms with van der Waals surface area (Å²) in [6.07, 6.45) is 0. The molecule has 182 valence electrons. The maximum Gasteiger partial charge on any atom is 0.274 e. The van der Waals surface area contributed by atoms with Crippen molar-refractivity contribution in [3.8, 4) is 11.5 Å². The predicted molar refractivity (Wildman–Crippen MR) is 146 cm³/mol. The average Bonchev–Trinajstić information content (AvgIpc) is 3.41. The zero-order valence-electron chi connectivity index (χ0n) is 19.9. The summed E-state index contributed by atoms with van der Waals surface area (Å²) in [4.78, 5) is 35.6. The average molecular weight is 518 g/mol. The van der Waals surface area contributed by atoms with Crippen molar-refractivity contribution in [3.63, 3.8) is 0 Å². The number of anilines is 2. The van der Waals surface area contributed by atoms with Gasteiger partial charge in [-0.05, 0) is 86.3 Å². The standard InChI is InChI=1S/C27H23N3O4S2/c1-4-29-22-15-21(34-3)13-14-23(22)35-26(29)24-25(33)30(19-9-11-20(32)12-10-19)27(36-24)28-18-7-5-17(6-8-18)16(2)31/h5-15,32H,4H2,1-3H3. The number of rotatable bonds is 5. The van der Waals surface area contributed by atoms with Crippen LogP contribution in [0.15, 0.2) is 86.6 Å². The molecule has 1 fully saturated rings. The second-order valence-electron chi connectivity index (χ2n) is 8.07. The number of phenols is 1. The van der Waals surface area contributed by atoms with Crippen LogP contribution in [0.3, 0.4) is 0 Å². The van der Waals surface area contributed by atoms with Crippen molar-refractivity contribution in [2.24, 2.45) is 4.99 Å². The van der Waals surface area contributed by atoms with Crippen molar-refractivity contribution in [2.75, 3.05) is 23.5 Å². The number of carbonyl (C=O) groups is 2. The molecule has 9 heteroatoms. The van der Waals surface area contributed by atoms with Gasteiger partial charge in [0.05, 0.1) is 24.2 Å². The predicted octanol–water partition coefficient (Wildman–Crippen LogP) is 6.17. The molecule has 2 aliphatic rings. The lowest BCUT2D eigenvalue weighted by molar-refractivity contribution is -0.113. The first-order valence-electron chi connectivity index (χ1n) is 11.3. The Bertz CT molecular complexity index is 1420. The Morgan fingerprint density at radius 1 is 1.03 bits per heavy atom. The molecule has 3 aromatic rings. The van der Waals surface area contributed by atoms with Crippen LogP contribution in [0.2, 0.25) is 0 Å². The number of benzene rings is 3. The van der Waals surface area contributed by atoms with E-state index in [4.69, 9.17) is 9.73 Å². The third-order valence-corrected chi connectivity index (χ3v) is 8.15. The van der Waals surface area contributed by atoms with Gasteiger partial charge >= 0.3 is 0 Å². The maximum absolute atomic E-state index is 13.9. The van der Waals surface area contributed by atoms with Crippen LogP contribution in [0, 0.1) is 0 Å². The number of hydrogen-bond acceptors (Lipinski definition) is 8. The molecule has 0 spiro atoms. The third-order valence-electron chi connectivity index (χ3n) is 5.81. The van der Waals surface area contributed by atoms with E-state index in [9.17, 15) is 14.7 Å². The molecule has 2 aliphatic heterocycles. The second kappa shape index (κ2) is 9.75. The molecule has 1 N–H and O–H groups in total. The minimum absolute atomic E-state index is 0.0218. The Kier molecular flexibility index (Phi) is 6.51. The number of fused-ring (bicyclic) bond motifs is 1. The fourth-order valence-electron chi connectivity index (χ4n) is 3.96. The summed E-state index contributed by atoms with van der Waals surface area (Å²) in [6, 6.07) is 19.3. The van der Waals surface area contributed by atoms with Gasteiger partial charge in [0.1, 0.15) is 21.4 Å². The van der Waals surface area contributed by atoms with Crippen LogP contribution in [0.25, 0.3) is 0 Å². The Morgan fingerprint density at radius 2 is 1.75 bits per heavy atom. The van der Waals surface area contributed by atoms with Crippen LogP contribution in [0.4, 0.5) is 17.1 Å². The Labute approximate surface area is 217 Å². The lowest BCUT2D eigenvalue weighted by Crippen LogP contribution is -2.29. The van der Waals surface area contributed by atoms with E-state index in [0.29, 0.717) is 33.6 Å². The molecule has 1 amide bonds. The summed E-state index contributed by atoms with van der Waals surface area (Å²) in [5, 5.41) is 11.1. The topological polar surface area (TPSA) is 82.4 Å². The smallest absolute Gasteiger partial charge is 0.274 e. The summed E-state index contributed by atoms with van der Waals surface area (Å²) >= 11 is 2.86. The molecule has 7 nitrogen and oxygen atoms in total. The normalized spacial score (nSPS) is 18.2. The van der Waals surface area contributed by atoms with Gasteiger partial charge < -0.3 is 14.7 Å². The zero-order valence-corrected chi connectivity index (χ0v) is 21.5. The fourth-order valence-corrected chi connectivity index (χ4v) is 6.34. The van der Waals surface area contributed by atoms with E-state index in [0.717, 1.165) is 21.4 Å². The van der Waals surface area contributed by atoms with E-state index in [1.54, 1.807) is 72.3 Å². The first kappa shape index (κ1) is 24.0. The van der Waals surface area contributed by atoms with E-state index >= 15 is 0 Å². The summed E-state index contributed by atoms with van der Waals surface area (Å²) in [6.45, 7) is 4.24. The summed E-state index contributed by atoms with van der Waals surface area (Å²) < 4.78 is 5.41. The quantitative estimate of drug-likeness (QED) is 0.320. The van der Waals surface area contributed by atoms with Crippen LogP contribution in [-0.4, -0.2) is 35.6 Å². The van der Waals surface area contributed by atoms with Crippen molar-refractivity contribution in [3.05, 3.63) is 82.2 Å². The van der Waals surface area contributed by atoms with Gasteiger partial charge in [0.15, 0.2) is 11.0 Å². The highest BCUT2D eigenvalue weighted by molar-refractivity contribution is 8.20. The third kappa shape index (κ3) is 4.36. The van der Waals surface area contributed by atoms with E-state index in [-0.39, 0.29) is 17.4 Å². The SMILES string of the molecule is CCN1C(=C2SC(=Nc3ccc(C(C)=O)cc3)N(c3ccc(O)cc3)C2=O)Sc2ccc(OC)cc21. The number of aromatic hydroxyl groups is 1. The van der Waals surface area contributed by atoms with Gasteiger partial charge in [-0.1, -0.05) is 11.8 Å². The van der Waals surface area contributed by atoms with Crippen LogP contribution in [0.1, 0.15) is 24.2 Å². The number of ether oxygens (including phenoxy) is 1. The molecular weight excluding hydrogens is 494 g/mol. The Balaban J connectivity index is 1.60. The van der Waals surface area contributed by atoms with Crippen molar-refractivity contribution in [1.29, 1.82) is 0 Å². The number of amidine groups is 1. The number of ketones is 1. The van der Waals surface area contributed by atoms with Crippen LogP contribution < -0.4 is 14.5 Å². The first-order valence-corrected chi connectivity index (χ1v) is 12.9. The summed E-state index contributed by atoms with van der Waals surface area (Å²) in [5.41, 5.74) is 2.83. The lowest BCUT2D eigenvalue weighted by Gasteiger charge is -2.19. The highest BCUT2D eigenvalue weighted by atomic mass is 32.2. The lowest BCUT2D eigenvalue weighted by atomic mass is 10.1. The van der Waals surface area contributed by atoms with Gasteiger partial charge in [0.25, 0.3) is 5.91 Å². The molecule has 0 unspecified atom stereocenters. The molecule has 0 radical (unpaired) electrons. The number of aliphatic imine (C=N–C) groups is 1. The molecule has 3 aromatic carbocycles. The van der Waals surface area contributed by atoms with E-state index < -0.39 is 0 Å². The minimum atomic E-state index is -0.189. The molecule has 0 saturated carbocycles. The molecule has 2 heterocycles. The molecule has 0 bridgehead atoms. The Morgan fingerprint density at radius 3 is 2.39 bits per heavy atom. The molecule has 1 saturated heterocycles.